The minimum atomic E-state index is -5.83. The molecule has 4 nitrogen and oxygen atoms in total. The van der Waals surface area contributed by atoms with Crippen LogP contribution in [0.15, 0.2) is 29.8 Å². The van der Waals surface area contributed by atoms with Gasteiger partial charge in [-0.1, -0.05) is 30.7 Å². The van der Waals surface area contributed by atoms with Crippen LogP contribution in [0.1, 0.15) is 74.5 Å². The van der Waals surface area contributed by atoms with E-state index in [9.17, 15) is 23.1 Å². The molecule has 6 aliphatic rings. The van der Waals surface area contributed by atoms with Crippen LogP contribution in [-0.2, 0) is 17.8 Å². The van der Waals surface area contributed by atoms with Gasteiger partial charge in [0, 0.05) is 44.6 Å². The van der Waals surface area contributed by atoms with Gasteiger partial charge in [-0.15, -0.1) is 0 Å². The fraction of sp³-hybridized carbons (Fsp3) is 0.719. The molecule has 1 aliphatic heterocycles. The molecule has 1 spiro atoms. The lowest BCUT2D eigenvalue weighted by Gasteiger charge is -2.65. The Morgan fingerprint density at radius 1 is 1.07 bits per heavy atom. The molecule has 4 fully saturated rings. The Kier molecular flexibility index (Phi) is 6.20. The first-order chi connectivity index (χ1) is 19.3. The molecule has 4 unspecified atom stereocenters. The Morgan fingerprint density at radius 2 is 1.83 bits per heavy atom. The summed E-state index contributed by atoms with van der Waals surface area (Å²) >= 11 is 0. The van der Waals surface area contributed by atoms with E-state index in [1.807, 2.05) is 6.08 Å². The van der Waals surface area contributed by atoms with Crippen molar-refractivity contribution >= 4 is 5.78 Å². The number of aliphatic hydroxyl groups is 1. The van der Waals surface area contributed by atoms with E-state index in [2.05, 4.69) is 28.4 Å². The second-order valence-corrected chi connectivity index (χ2v) is 14.1. The molecule has 7 rings (SSSR count). The monoisotopic (exact) mass is 578 g/mol. The summed E-state index contributed by atoms with van der Waals surface area (Å²) in [6.07, 6.45) is -1.07. The van der Waals surface area contributed by atoms with Gasteiger partial charge in [0.2, 0.25) is 0 Å². The van der Waals surface area contributed by atoms with Gasteiger partial charge in [-0.05, 0) is 96.8 Å². The fourth-order valence-electron chi connectivity index (χ4n) is 10.6. The Hall–Kier alpha value is -1.84. The zero-order valence-electron chi connectivity index (χ0n) is 23.5. The molecule has 3 saturated carbocycles. The summed E-state index contributed by atoms with van der Waals surface area (Å²) in [4.78, 5) is 15.0. The third-order valence-corrected chi connectivity index (χ3v) is 12.4. The molecule has 0 aromatic heterocycles. The topological polar surface area (TPSA) is 52.6 Å². The number of carbonyl (C=O) groups excluding carboxylic acids is 1. The highest BCUT2D eigenvalue weighted by molar-refractivity contribution is 5.91. The molecular formula is C32H39F5N2O2. The molecule has 2 N–H and O–H groups in total. The zero-order valence-corrected chi connectivity index (χ0v) is 23.5. The van der Waals surface area contributed by atoms with E-state index in [1.54, 1.807) is 0 Å². The maximum atomic E-state index is 15.2. The van der Waals surface area contributed by atoms with E-state index in [0.29, 0.717) is 25.7 Å². The van der Waals surface area contributed by atoms with Crippen LogP contribution < -0.4 is 5.32 Å². The minimum absolute atomic E-state index is 0.0713. The Balaban J connectivity index is 1.34. The molecule has 0 radical (unpaired) electrons. The van der Waals surface area contributed by atoms with Crippen molar-refractivity contribution in [1.29, 1.82) is 0 Å². The van der Waals surface area contributed by atoms with Gasteiger partial charge in [0.15, 0.2) is 5.78 Å². The predicted octanol–water partition coefficient (Wildman–Crippen LogP) is 5.78. The number of hydrogen-bond donors (Lipinski definition) is 2. The van der Waals surface area contributed by atoms with E-state index in [4.69, 9.17) is 0 Å². The van der Waals surface area contributed by atoms with Crippen molar-refractivity contribution in [3.8, 4) is 0 Å². The van der Waals surface area contributed by atoms with Crippen LogP contribution in [0.25, 0.3) is 0 Å². The standard InChI is InChI=1S/C32H39F5N2O2/c1-28-17-25-23-4-2-19(18-39-12-10-38-11-13-39)14-20(23)16-29-8-6-22(40)15-21(29)3-5-24(27(25)29)26(28)7-9-30(28,41)31(33,34)32(35,36)37/h2,4,14-15,24-27,38,41H,3,5-13,16-18H2,1H3/t24?,25-,26?,27?,28+,29?,30+/m1/s1. The number of ketones is 1. The lowest BCUT2D eigenvalue weighted by molar-refractivity contribution is -0.364. The number of alkyl halides is 5. The van der Waals surface area contributed by atoms with Crippen molar-refractivity contribution < 1.29 is 31.9 Å². The third-order valence-electron chi connectivity index (χ3n) is 12.4. The summed E-state index contributed by atoms with van der Waals surface area (Å²) in [5.74, 6) is -5.75. The van der Waals surface area contributed by atoms with Gasteiger partial charge in [-0.2, -0.15) is 22.0 Å². The minimum Gasteiger partial charge on any atom is -0.383 e. The highest BCUT2D eigenvalue weighted by atomic mass is 19.4. The van der Waals surface area contributed by atoms with Crippen LogP contribution in [0.5, 0.6) is 0 Å². The van der Waals surface area contributed by atoms with Crippen molar-refractivity contribution in [3.05, 3.63) is 46.5 Å². The van der Waals surface area contributed by atoms with Crippen LogP contribution in [0.4, 0.5) is 22.0 Å². The van der Waals surface area contributed by atoms with Gasteiger partial charge in [0.05, 0.1) is 0 Å². The number of halogens is 5. The predicted molar refractivity (Wildman–Crippen MR) is 143 cm³/mol. The highest BCUT2D eigenvalue weighted by Gasteiger charge is 2.80. The smallest absolute Gasteiger partial charge is 0.383 e. The van der Waals surface area contributed by atoms with Crippen LogP contribution >= 0.6 is 0 Å². The van der Waals surface area contributed by atoms with Crippen LogP contribution in [-0.4, -0.2) is 59.7 Å². The van der Waals surface area contributed by atoms with Gasteiger partial charge in [0.1, 0.15) is 5.60 Å². The summed E-state index contributed by atoms with van der Waals surface area (Å²) in [7, 11) is 0. The molecule has 5 aliphatic carbocycles. The molecule has 1 heterocycles. The van der Waals surface area contributed by atoms with Gasteiger partial charge in [-0.25, -0.2) is 0 Å². The second kappa shape index (κ2) is 9.08. The van der Waals surface area contributed by atoms with Crippen LogP contribution in [0.3, 0.4) is 0 Å². The molecule has 41 heavy (non-hydrogen) atoms. The lowest BCUT2D eigenvalue weighted by Crippen LogP contribution is -2.67. The van der Waals surface area contributed by atoms with Crippen molar-refractivity contribution in [2.75, 3.05) is 26.2 Å². The number of fused-ring (bicyclic) bond motifs is 4. The average molecular weight is 579 g/mol. The fourth-order valence-corrected chi connectivity index (χ4v) is 10.6. The highest BCUT2D eigenvalue weighted by Crippen LogP contribution is 2.75. The molecule has 9 heteroatoms. The molecular weight excluding hydrogens is 539 g/mol. The Morgan fingerprint density at radius 3 is 2.56 bits per heavy atom. The normalized spacial score (nSPS) is 40.8. The summed E-state index contributed by atoms with van der Waals surface area (Å²) in [6.45, 7) is 6.09. The Labute approximate surface area is 237 Å². The first-order valence-corrected chi connectivity index (χ1v) is 15.3. The van der Waals surface area contributed by atoms with Crippen molar-refractivity contribution in [3.63, 3.8) is 0 Å². The van der Waals surface area contributed by atoms with Crippen LogP contribution in [0.2, 0.25) is 0 Å². The van der Waals surface area contributed by atoms with E-state index >= 15 is 8.78 Å². The van der Waals surface area contributed by atoms with Gasteiger partial charge in [-0.3, -0.25) is 9.69 Å². The van der Waals surface area contributed by atoms with Crippen molar-refractivity contribution in [2.45, 2.75) is 88.5 Å². The molecule has 0 amide bonds. The van der Waals surface area contributed by atoms with Gasteiger partial charge >= 0.3 is 12.1 Å². The summed E-state index contributed by atoms with van der Waals surface area (Å²) in [6, 6.07) is 6.41. The number of piperazine rings is 1. The van der Waals surface area contributed by atoms with E-state index < -0.39 is 35.5 Å². The summed E-state index contributed by atoms with van der Waals surface area (Å²) < 4.78 is 71.9. The maximum absolute atomic E-state index is 15.2. The average Bonchev–Trinajstić information content (AvgIpc) is 3.20. The third kappa shape index (κ3) is 3.76. The number of nitrogens with zero attached hydrogens (tertiary/aromatic N) is 1. The summed E-state index contributed by atoms with van der Waals surface area (Å²) in [5, 5.41) is 14.9. The van der Waals surface area contributed by atoms with Crippen molar-refractivity contribution in [2.24, 2.45) is 28.6 Å². The second-order valence-electron chi connectivity index (χ2n) is 14.1. The number of hydrogen-bond acceptors (Lipinski definition) is 4. The molecule has 1 aromatic rings. The van der Waals surface area contributed by atoms with Crippen molar-refractivity contribution in [1.82, 2.24) is 10.2 Å². The molecule has 224 valence electrons. The molecule has 1 saturated heterocycles. The first kappa shape index (κ1) is 28.0. The van der Waals surface area contributed by atoms with Gasteiger partial charge in [0.25, 0.3) is 0 Å². The largest absolute Gasteiger partial charge is 0.456 e. The summed E-state index contributed by atoms with van der Waals surface area (Å²) in [5.41, 5.74) is -0.528. The number of nitrogens with one attached hydrogen (secondary N) is 1. The number of benzene rings is 1. The number of rotatable bonds is 3. The quantitative estimate of drug-likeness (QED) is 0.447. The van der Waals surface area contributed by atoms with Crippen LogP contribution in [0, 0.1) is 28.6 Å². The SMILES string of the molecule is C[C@]12C[C@@H]3c4ccc(CN5CCNCC5)cc4CC45CCC(=O)C=C4CCC(C35)C1CC[C@@]2(O)C(F)(F)C(F)(F)F. The first-order valence-electron chi connectivity index (χ1n) is 15.3. The van der Waals surface area contributed by atoms with E-state index in [-0.39, 0.29) is 41.8 Å². The van der Waals surface area contributed by atoms with E-state index in [0.717, 1.165) is 55.8 Å². The molecule has 1 aromatic carbocycles. The number of carbonyl (C=O) groups is 1. The maximum Gasteiger partial charge on any atom is 0.456 e. The zero-order chi connectivity index (χ0) is 29.0. The molecule has 7 atom stereocenters. The number of allylic oxidation sites excluding steroid dienone is 1. The molecule has 0 bridgehead atoms. The van der Waals surface area contributed by atoms with E-state index in [1.165, 1.54) is 12.5 Å². The lowest BCUT2D eigenvalue weighted by atomic mass is 9.39. The van der Waals surface area contributed by atoms with Gasteiger partial charge < -0.3 is 10.4 Å². The Bertz CT molecular complexity index is 1290.